The molecule has 0 aromatic heterocycles. The third kappa shape index (κ3) is 4.28. The molecule has 0 radical (unpaired) electrons. The Morgan fingerprint density at radius 3 is 1.97 bits per heavy atom. The predicted molar refractivity (Wildman–Crippen MR) is 115 cm³/mol. The van der Waals surface area contributed by atoms with Crippen molar-refractivity contribution in [2.45, 2.75) is 59.3 Å². The second-order valence-corrected chi connectivity index (χ2v) is 10.9. The molecule has 1 aromatic carbocycles. The molecule has 2 aliphatic carbocycles. The van der Waals surface area contributed by atoms with Crippen molar-refractivity contribution in [2.24, 2.45) is 16.7 Å². The summed E-state index contributed by atoms with van der Waals surface area (Å²) < 4.78 is 0. The number of rotatable bonds is 3. The Morgan fingerprint density at radius 1 is 0.900 bits per heavy atom. The van der Waals surface area contributed by atoms with Crippen LogP contribution in [0.25, 0.3) is 0 Å². The minimum absolute atomic E-state index is 0.00522. The van der Waals surface area contributed by atoms with Crippen molar-refractivity contribution in [1.82, 2.24) is 0 Å². The molecular formula is C23H26Cl2O5. The zero-order valence-electron chi connectivity index (χ0n) is 17.5. The second kappa shape index (κ2) is 7.69. The van der Waals surface area contributed by atoms with Gasteiger partial charge < -0.3 is 10.2 Å². The van der Waals surface area contributed by atoms with Crippen molar-refractivity contribution in [3.05, 3.63) is 39.1 Å². The van der Waals surface area contributed by atoms with E-state index in [1.54, 1.807) is 0 Å². The van der Waals surface area contributed by atoms with Crippen molar-refractivity contribution in [2.75, 3.05) is 0 Å². The molecule has 5 nitrogen and oxygen atoms in total. The first-order chi connectivity index (χ1) is 13.7. The average Bonchev–Trinajstić information content (AvgIpc) is 2.53. The number of hydrogen-bond acceptors (Lipinski definition) is 5. The van der Waals surface area contributed by atoms with Gasteiger partial charge in [0.1, 0.15) is 23.1 Å². The highest BCUT2D eigenvalue weighted by Crippen LogP contribution is 2.50. The Morgan fingerprint density at radius 2 is 1.43 bits per heavy atom. The van der Waals surface area contributed by atoms with E-state index in [9.17, 15) is 24.6 Å². The summed E-state index contributed by atoms with van der Waals surface area (Å²) in [7, 11) is 0. The zero-order valence-corrected chi connectivity index (χ0v) is 19.0. The second-order valence-electron chi connectivity index (χ2n) is 10.0. The lowest BCUT2D eigenvalue weighted by molar-refractivity contribution is -0.140. The fraction of sp³-hybridized carbons (Fsp3) is 0.522. The Bertz CT molecular complexity index is 954. The number of carbonyl (C=O) groups excluding carboxylic acids is 3. The van der Waals surface area contributed by atoms with Crippen LogP contribution in [0.4, 0.5) is 0 Å². The number of phenolic OH excluding ortho intramolecular Hbond substituents is 1. The Balaban J connectivity index is 2.25. The van der Waals surface area contributed by atoms with Crippen LogP contribution in [0.1, 0.15) is 64.9 Å². The van der Waals surface area contributed by atoms with Gasteiger partial charge in [0, 0.05) is 47.8 Å². The van der Waals surface area contributed by atoms with Gasteiger partial charge in [-0.3, -0.25) is 14.4 Å². The van der Waals surface area contributed by atoms with Gasteiger partial charge >= 0.3 is 0 Å². The minimum Gasteiger partial charge on any atom is -0.512 e. The number of aliphatic hydroxyl groups is 1. The van der Waals surface area contributed by atoms with Gasteiger partial charge in [-0.15, -0.1) is 0 Å². The van der Waals surface area contributed by atoms with Crippen LogP contribution in [0.5, 0.6) is 5.75 Å². The highest BCUT2D eigenvalue weighted by Gasteiger charge is 2.49. The molecule has 2 aliphatic rings. The van der Waals surface area contributed by atoms with E-state index in [1.165, 1.54) is 12.1 Å². The Kier molecular flexibility index (Phi) is 5.85. The summed E-state index contributed by atoms with van der Waals surface area (Å²) in [4.78, 5) is 39.3. The summed E-state index contributed by atoms with van der Waals surface area (Å²) >= 11 is 12.3. The van der Waals surface area contributed by atoms with Crippen LogP contribution in [0.3, 0.4) is 0 Å². The number of phenols is 1. The van der Waals surface area contributed by atoms with Crippen LogP contribution < -0.4 is 0 Å². The van der Waals surface area contributed by atoms with Crippen LogP contribution in [0, 0.1) is 16.7 Å². The number of aliphatic hydroxyl groups excluding tert-OH is 1. The van der Waals surface area contributed by atoms with Gasteiger partial charge in [0.05, 0.1) is 10.9 Å². The van der Waals surface area contributed by atoms with E-state index in [2.05, 4.69) is 0 Å². The third-order valence-electron chi connectivity index (χ3n) is 5.93. The molecule has 1 fully saturated rings. The molecular weight excluding hydrogens is 427 g/mol. The first-order valence-electron chi connectivity index (χ1n) is 9.91. The predicted octanol–water partition coefficient (Wildman–Crippen LogP) is 5.56. The van der Waals surface area contributed by atoms with Crippen molar-refractivity contribution in [3.8, 4) is 5.75 Å². The quantitative estimate of drug-likeness (QED) is 0.585. The molecule has 162 valence electrons. The molecule has 30 heavy (non-hydrogen) atoms. The minimum atomic E-state index is -1.19. The molecule has 0 spiro atoms. The molecule has 2 N–H and O–H groups in total. The van der Waals surface area contributed by atoms with Crippen molar-refractivity contribution in [3.63, 3.8) is 0 Å². The number of ketones is 3. The van der Waals surface area contributed by atoms with Gasteiger partial charge in [0.15, 0.2) is 5.78 Å². The molecule has 7 heteroatoms. The number of halogens is 2. The Hall–Kier alpha value is -1.85. The summed E-state index contributed by atoms with van der Waals surface area (Å²) in [6, 6.07) is 2.74. The van der Waals surface area contributed by atoms with Crippen molar-refractivity contribution < 1.29 is 24.6 Å². The molecule has 1 aromatic rings. The molecule has 0 heterocycles. The number of Topliss-reactive ketones (excluding diaryl/α,β-unsaturated/α-hetero) is 3. The molecule has 1 atom stereocenters. The Labute approximate surface area is 186 Å². The lowest BCUT2D eigenvalue weighted by Crippen LogP contribution is -2.43. The smallest absolute Gasteiger partial charge is 0.163 e. The summed E-state index contributed by atoms with van der Waals surface area (Å²) in [6.07, 6.45) is 0.685. The molecule has 0 amide bonds. The van der Waals surface area contributed by atoms with E-state index in [0.717, 1.165) is 0 Å². The van der Waals surface area contributed by atoms with E-state index >= 15 is 0 Å². The first kappa shape index (κ1) is 22.8. The molecule has 1 saturated carbocycles. The van der Waals surface area contributed by atoms with Crippen LogP contribution >= 0.6 is 23.2 Å². The maximum absolute atomic E-state index is 13.1. The SMILES string of the molecule is CC1(C)CC(=O)C([C@H](C2=C(O)CC(C)(C)CC2=O)c2cc(Cl)cc(Cl)c2O)C(=O)C1. The first-order valence-corrected chi connectivity index (χ1v) is 10.7. The standard InChI is InChI=1S/C23H26Cl2O5/c1-22(2)7-14(26)19(15(27)8-22)18(12-5-11(24)6-13(25)21(12)30)20-16(28)9-23(3,4)10-17(20)29/h5-6,18-19,28,30H,7-10H2,1-4H3/t18-/m1/s1. The van der Waals surface area contributed by atoms with E-state index in [0.29, 0.717) is 0 Å². The average molecular weight is 453 g/mol. The highest BCUT2D eigenvalue weighted by molar-refractivity contribution is 6.35. The van der Waals surface area contributed by atoms with Gasteiger partial charge in [0.2, 0.25) is 0 Å². The van der Waals surface area contributed by atoms with Crippen LogP contribution in [0.2, 0.25) is 10.0 Å². The largest absolute Gasteiger partial charge is 0.512 e. The lowest BCUT2D eigenvalue weighted by atomic mass is 9.62. The van der Waals surface area contributed by atoms with Gasteiger partial charge in [0.25, 0.3) is 0 Å². The fourth-order valence-corrected chi connectivity index (χ4v) is 5.27. The van der Waals surface area contributed by atoms with Crippen LogP contribution in [-0.4, -0.2) is 27.6 Å². The van der Waals surface area contributed by atoms with E-state index in [1.807, 2.05) is 27.7 Å². The van der Waals surface area contributed by atoms with Gasteiger partial charge in [-0.25, -0.2) is 0 Å². The maximum atomic E-state index is 13.1. The lowest BCUT2D eigenvalue weighted by Gasteiger charge is -2.39. The van der Waals surface area contributed by atoms with Gasteiger partial charge in [-0.05, 0) is 23.0 Å². The summed E-state index contributed by atoms with van der Waals surface area (Å²) in [5, 5.41) is 21.6. The summed E-state index contributed by atoms with van der Waals surface area (Å²) in [5.74, 6) is -3.85. The normalized spacial score (nSPS) is 23.1. The van der Waals surface area contributed by atoms with Crippen LogP contribution in [-0.2, 0) is 14.4 Å². The number of carbonyl (C=O) groups is 3. The molecule has 0 bridgehead atoms. The summed E-state index contributed by atoms with van der Waals surface area (Å²) in [5.41, 5.74) is -0.841. The molecule has 0 unspecified atom stereocenters. The number of benzene rings is 1. The number of hydrogen-bond donors (Lipinski definition) is 2. The number of aromatic hydroxyl groups is 1. The van der Waals surface area contributed by atoms with Crippen molar-refractivity contribution >= 4 is 40.6 Å². The van der Waals surface area contributed by atoms with Crippen molar-refractivity contribution in [1.29, 1.82) is 0 Å². The molecule has 3 rings (SSSR count). The van der Waals surface area contributed by atoms with Gasteiger partial charge in [-0.1, -0.05) is 50.9 Å². The van der Waals surface area contributed by atoms with Gasteiger partial charge in [-0.2, -0.15) is 0 Å². The fourth-order valence-electron chi connectivity index (χ4n) is 4.76. The monoisotopic (exact) mass is 452 g/mol. The number of allylic oxidation sites excluding steroid dienone is 2. The zero-order chi connectivity index (χ0) is 22.6. The molecule has 0 aliphatic heterocycles. The van der Waals surface area contributed by atoms with Crippen LogP contribution in [0.15, 0.2) is 23.5 Å². The van der Waals surface area contributed by atoms with E-state index in [-0.39, 0.29) is 75.7 Å². The third-order valence-corrected chi connectivity index (χ3v) is 6.44. The van der Waals surface area contributed by atoms with E-state index < -0.39 is 22.7 Å². The molecule has 0 saturated heterocycles. The maximum Gasteiger partial charge on any atom is 0.163 e. The summed E-state index contributed by atoms with van der Waals surface area (Å²) in [6.45, 7) is 7.40. The topological polar surface area (TPSA) is 91.7 Å². The highest BCUT2D eigenvalue weighted by atomic mass is 35.5. The van der Waals surface area contributed by atoms with E-state index in [4.69, 9.17) is 23.2 Å².